The molecule has 0 bridgehead atoms. The first-order chi connectivity index (χ1) is 5.98. The van der Waals surface area contributed by atoms with Gasteiger partial charge in [-0.2, -0.15) is 0 Å². The highest BCUT2D eigenvalue weighted by atomic mass is 32.1. The van der Waals surface area contributed by atoms with Crippen molar-refractivity contribution >= 4 is 11.3 Å². The summed E-state index contributed by atoms with van der Waals surface area (Å²) in [5, 5.41) is 5.09. The van der Waals surface area contributed by atoms with Crippen molar-refractivity contribution in [1.82, 2.24) is 10.0 Å². The molecule has 2 rings (SSSR count). The van der Waals surface area contributed by atoms with Gasteiger partial charge in [0.1, 0.15) is 5.01 Å². The number of hydroxylamine groups is 2. The second-order valence-electron chi connectivity index (χ2n) is 4.28. The number of aromatic nitrogens is 1. The van der Waals surface area contributed by atoms with E-state index in [9.17, 15) is 0 Å². The number of rotatable bonds is 1. The Morgan fingerprint density at radius 3 is 2.62 bits per heavy atom. The average Bonchev–Trinajstić information content (AvgIpc) is 2.69. The van der Waals surface area contributed by atoms with Gasteiger partial charge >= 0.3 is 0 Å². The smallest absolute Gasteiger partial charge is 0.206 e. The zero-order valence-electron chi connectivity index (χ0n) is 8.37. The molecule has 1 saturated heterocycles. The quantitative estimate of drug-likeness (QED) is 0.649. The molecule has 0 N–H and O–H groups in total. The van der Waals surface area contributed by atoms with E-state index in [2.05, 4.69) is 31.1 Å². The number of nitrogens with zero attached hydrogens (tertiary/aromatic N) is 2. The number of aryl methyl sites for hydroxylation is 1. The fourth-order valence-corrected chi connectivity index (χ4v) is 2.02. The van der Waals surface area contributed by atoms with E-state index in [1.54, 1.807) is 11.3 Å². The lowest BCUT2D eigenvalue weighted by Gasteiger charge is -2.15. The van der Waals surface area contributed by atoms with E-state index in [4.69, 9.17) is 4.84 Å². The van der Waals surface area contributed by atoms with Gasteiger partial charge in [0.25, 0.3) is 0 Å². The van der Waals surface area contributed by atoms with Crippen LogP contribution >= 0.6 is 11.3 Å². The summed E-state index contributed by atoms with van der Waals surface area (Å²) in [6.07, 6.45) is 0.0960. The molecule has 1 aromatic heterocycles. The van der Waals surface area contributed by atoms with Gasteiger partial charge in [-0.25, -0.2) is 4.98 Å². The minimum absolute atomic E-state index is 0.0737. The van der Waals surface area contributed by atoms with Crippen LogP contribution in [0.25, 0.3) is 0 Å². The van der Waals surface area contributed by atoms with Crippen molar-refractivity contribution in [2.75, 3.05) is 0 Å². The summed E-state index contributed by atoms with van der Waals surface area (Å²) in [4.78, 5) is 9.85. The third kappa shape index (κ3) is 1.75. The molecule has 1 aromatic rings. The highest BCUT2D eigenvalue weighted by Gasteiger charge is 2.47. The molecule has 0 aromatic carbocycles. The van der Waals surface area contributed by atoms with Gasteiger partial charge in [0.05, 0.1) is 0 Å². The van der Waals surface area contributed by atoms with Crippen LogP contribution in [0.4, 0.5) is 0 Å². The maximum atomic E-state index is 5.46. The van der Waals surface area contributed by atoms with Gasteiger partial charge in [0.2, 0.25) is 6.23 Å². The summed E-state index contributed by atoms with van der Waals surface area (Å²) in [5.74, 6) is 0. The molecule has 1 aliphatic rings. The first kappa shape index (κ1) is 9.12. The molecular weight excluding hydrogens is 184 g/mol. The molecule has 3 nitrogen and oxygen atoms in total. The minimum atomic E-state index is 0.0737. The molecule has 13 heavy (non-hydrogen) atoms. The molecule has 0 spiro atoms. The number of hydrogen-bond donors (Lipinski definition) is 0. The summed E-state index contributed by atoms with van der Waals surface area (Å²) in [6.45, 7) is 8.40. The zero-order valence-corrected chi connectivity index (χ0v) is 9.18. The lowest BCUT2D eigenvalue weighted by atomic mass is 10.1. The molecule has 0 aliphatic carbocycles. The molecular formula is C9H14N2OS. The van der Waals surface area contributed by atoms with Crippen molar-refractivity contribution in [3.8, 4) is 0 Å². The molecule has 0 saturated carbocycles. The predicted molar refractivity (Wildman–Crippen MR) is 52.3 cm³/mol. The van der Waals surface area contributed by atoms with Crippen LogP contribution in [0, 0.1) is 6.92 Å². The van der Waals surface area contributed by atoms with Gasteiger partial charge in [-0.3, -0.25) is 4.84 Å². The van der Waals surface area contributed by atoms with Crippen molar-refractivity contribution in [3.05, 3.63) is 16.1 Å². The Hall–Kier alpha value is -0.450. The predicted octanol–water partition coefficient (Wildman–Crippen LogP) is 2.50. The fourth-order valence-electron chi connectivity index (χ4n) is 1.22. The zero-order chi connectivity index (χ0) is 9.64. The second-order valence-corrected chi connectivity index (χ2v) is 5.17. The van der Waals surface area contributed by atoms with Crippen LogP contribution in [0.2, 0.25) is 0 Å². The van der Waals surface area contributed by atoms with Crippen LogP contribution < -0.4 is 0 Å². The van der Waals surface area contributed by atoms with Crippen LogP contribution in [0.15, 0.2) is 5.38 Å². The maximum absolute atomic E-state index is 5.46. The molecule has 4 heteroatoms. The van der Waals surface area contributed by atoms with Crippen molar-refractivity contribution < 1.29 is 4.84 Å². The van der Waals surface area contributed by atoms with E-state index in [-0.39, 0.29) is 11.8 Å². The molecule has 0 amide bonds. The van der Waals surface area contributed by atoms with Gasteiger partial charge in [0.15, 0.2) is 0 Å². The first-order valence-corrected chi connectivity index (χ1v) is 5.24. The molecule has 2 heterocycles. The topological polar surface area (TPSA) is 28.4 Å². The Kier molecular flexibility index (Phi) is 1.94. The van der Waals surface area contributed by atoms with Crippen molar-refractivity contribution in [2.45, 2.75) is 39.5 Å². The van der Waals surface area contributed by atoms with E-state index >= 15 is 0 Å². The molecule has 2 atom stereocenters. The fraction of sp³-hybridized carbons (Fsp3) is 0.667. The Balaban J connectivity index is 2.08. The van der Waals surface area contributed by atoms with Gasteiger partial charge in [0, 0.05) is 16.6 Å². The molecule has 72 valence electrons. The van der Waals surface area contributed by atoms with Crippen LogP contribution in [-0.4, -0.2) is 15.6 Å². The minimum Gasteiger partial charge on any atom is -0.267 e. The van der Waals surface area contributed by atoms with E-state index in [1.807, 2.05) is 12.0 Å². The monoisotopic (exact) mass is 198 g/mol. The van der Waals surface area contributed by atoms with Gasteiger partial charge in [-0.05, 0) is 27.7 Å². The molecule has 1 fully saturated rings. The van der Waals surface area contributed by atoms with E-state index < -0.39 is 0 Å². The van der Waals surface area contributed by atoms with Crippen LogP contribution in [0.3, 0.4) is 0 Å². The first-order valence-electron chi connectivity index (χ1n) is 4.36. The summed E-state index contributed by atoms with van der Waals surface area (Å²) >= 11 is 1.66. The largest absolute Gasteiger partial charge is 0.267 e. The van der Waals surface area contributed by atoms with Gasteiger partial charge in [-0.15, -0.1) is 16.4 Å². The Morgan fingerprint density at radius 1 is 1.54 bits per heavy atom. The molecule has 2 unspecified atom stereocenters. The SMILES string of the molecule is Cc1csc(C2ON2C(C)(C)C)n1. The number of hydrogen-bond acceptors (Lipinski definition) is 4. The lowest BCUT2D eigenvalue weighted by molar-refractivity contribution is 0.101. The Morgan fingerprint density at radius 2 is 2.23 bits per heavy atom. The lowest BCUT2D eigenvalue weighted by Crippen LogP contribution is -2.25. The van der Waals surface area contributed by atoms with E-state index in [0.717, 1.165) is 10.7 Å². The Labute approximate surface area is 82.3 Å². The third-order valence-electron chi connectivity index (χ3n) is 1.89. The van der Waals surface area contributed by atoms with Crippen LogP contribution in [0.1, 0.15) is 37.7 Å². The van der Waals surface area contributed by atoms with Crippen molar-refractivity contribution in [2.24, 2.45) is 0 Å². The number of thiazole rings is 1. The standard InChI is InChI=1S/C9H14N2OS/c1-6-5-13-7(10-6)8-11(12-8)9(2,3)4/h5,8H,1-4H3. The summed E-state index contributed by atoms with van der Waals surface area (Å²) in [5.41, 5.74) is 1.15. The highest BCUT2D eigenvalue weighted by Crippen LogP contribution is 2.43. The third-order valence-corrected chi connectivity index (χ3v) is 2.88. The van der Waals surface area contributed by atoms with Crippen molar-refractivity contribution in [3.63, 3.8) is 0 Å². The molecule has 0 radical (unpaired) electrons. The normalized spacial score (nSPS) is 27.7. The van der Waals surface area contributed by atoms with E-state index in [0.29, 0.717) is 0 Å². The van der Waals surface area contributed by atoms with Gasteiger partial charge < -0.3 is 0 Å². The maximum Gasteiger partial charge on any atom is 0.206 e. The Bertz CT molecular complexity index is 316. The van der Waals surface area contributed by atoms with Crippen molar-refractivity contribution in [1.29, 1.82) is 0 Å². The summed E-state index contributed by atoms with van der Waals surface area (Å²) in [6, 6.07) is 0. The van der Waals surface area contributed by atoms with Crippen LogP contribution in [-0.2, 0) is 4.84 Å². The van der Waals surface area contributed by atoms with Crippen LogP contribution in [0.5, 0.6) is 0 Å². The average molecular weight is 198 g/mol. The second kappa shape index (κ2) is 2.77. The summed E-state index contributed by atoms with van der Waals surface area (Å²) in [7, 11) is 0. The van der Waals surface area contributed by atoms with E-state index in [1.165, 1.54) is 0 Å². The molecule has 1 aliphatic heterocycles. The summed E-state index contributed by atoms with van der Waals surface area (Å²) < 4.78 is 0. The van der Waals surface area contributed by atoms with Gasteiger partial charge in [-0.1, -0.05) is 0 Å². The highest BCUT2D eigenvalue weighted by molar-refractivity contribution is 7.09.